The molecule has 47 heavy (non-hydrogen) atoms. The van der Waals surface area contributed by atoms with Crippen LogP contribution in [-0.4, -0.2) is 59.8 Å². The van der Waals surface area contributed by atoms with E-state index in [1.165, 1.54) is 5.56 Å². The first-order chi connectivity index (χ1) is 23.0. The maximum Gasteiger partial charge on any atom is 0.315 e. The Hall–Kier alpha value is -4.05. The minimum atomic E-state index is -0.519. The van der Waals surface area contributed by atoms with Crippen molar-refractivity contribution in [3.05, 3.63) is 143 Å². The van der Waals surface area contributed by atoms with Crippen molar-refractivity contribution < 1.29 is 19.4 Å². The third-order valence-electron chi connectivity index (χ3n) is 9.28. The molecule has 2 heterocycles. The van der Waals surface area contributed by atoms with Gasteiger partial charge in [-0.25, -0.2) is 4.79 Å². The summed E-state index contributed by atoms with van der Waals surface area (Å²) >= 11 is 0. The minimum absolute atomic E-state index is 0.0157. The lowest BCUT2D eigenvalue weighted by Gasteiger charge is -2.44. The first-order valence-corrected chi connectivity index (χ1v) is 16.7. The summed E-state index contributed by atoms with van der Waals surface area (Å²) in [6.45, 7) is 9.02. The van der Waals surface area contributed by atoms with Gasteiger partial charge in [0.25, 0.3) is 0 Å². The molecule has 4 aromatic carbocycles. The van der Waals surface area contributed by atoms with E-state index in [0.717, 1.165) is 67.1 Å². The van der Waals surface area contributed by atoms with Gasteiger partial charge in [-0.1, -0.05) is 116 Å². The lowest BCUT2D eigenvalue weighted by atomic mass is 9.90. The molecule has 2 aliphatic rings. The number of nitrogens with one attached hydrogen (secondary N) is 2. The maximum absolute atomic E-state index is 12.4. The van der Waals surface area contributed by atoms with Gasteiger partial charge in [0.15, 0.2) is 6.29 Å². The average molecular weight is 635 g/mol. The molecule has 0 radical (unpaired) electrons. The number of hydrogen-bond acceptors (Lipinski definition) is 6. The molecule has 2 aliphatic heterocycles. The van der Waals surface area contributed by atoms with Crippen LogP contribution in [0.1, 0.15) is 52.7 Å². The van der Waals surface area contributed by atoms with E-state index >= 15 is 0 Å². The molecule has 0 aliphatic carbocycles. The molecule has 246 valence electrons. The normalized spacial score (nSPS) is 22.1. The smallest absolute Gasteiger partial charge is 0.315 e. The third-order valence-corrected chi connectivity index (χ3v) is 9.28. The fourth-order valence-corrected chi connectivity index (χ4v) is 6.37. The molecule has 0 bridgehead atoms. The summed E-state index contributed by atoms with van der Waals surface area (Å²) in [7, 11) is 0. The zero-order valence-electron chi connectivity index (χ0n) is 27.1. The van der Waals surface area contributed by atoms with Crippen molar-refractivity contribution in [2.24, 2.45) is 5.92 Å². The Kier molecular flexibility index (Phi) is 11.3. The Morgan fingerprint density at radius 3 is 1.83 bits per heavy atom. The van der Waals surface area contributed by atoms with E-state index in [9.17, 15) is 9.90 Å². The van der Waals surface area contributed by atoms with Crippen LogP contribution in [0.2, 0.25) is 0 Å². The highest BCUT2D eigenvalue weighted by atomic mass is 16.7. The Balaban J connectivity index is 1.08. The van der Waals surface area contributed by atoms with E-state index in [1.54, 1.807) is 0 Å². The van der Waals surface area contributed by atoms with Crippen LogP contribution in [0.3, 0.4) is 0 Å². The number of carbonyl (C=O) groups is 1. The Morgan fingerprint density at radius 1 is 0.681 bits per heavy atom. The van der Waals surface area contributed by atoms with Crippen molar-refractivity contribution in [1.29, 1.82) is 0 Å². The highest BCUT2D eigenvalue weighted by Gasteiger charge is 2.39. The van der Waals surface area contributed by atoms with Gasteiger partial charge in [-0.15, -0.1) is 0 Å². The fraction of sp³-hybridized carbons (Fsp3) is 0.359. The number of hydrogen-bond donors (Lipinski definition) is 3. The monoisotopic (exact) mass is 634 g/mol. The van der Waals surface area contributed by atoms with E-state index in [1.807, 2.05) is 66.7 Å². The maximum atomic E-state index is 12.4. The van der Waals surface area contributed by atoms with Gasteiger partial charge in [0.1, 0.15) is 0 Å². The number of ether oxygens (including phenoxy) is 2. The molecule has 4 aromatic rings. The predicted octanol–water partition coefficient (Wildman–Crippen LogP) is 5.79. The highest BCUT2D eigenvalue weighted by Crippen LogP contribution is 2.42. The molecule has 2 amide bonds. The molecular weight excluding hydrogens is 588 g/mol. The molecular formula is C39H46N4O4. The molecule has 4 unspecified atom stereocenters. The van der Waals surface area contributed by atoms with Crippen LogP contribution in [0.5, 0.6) is 0 Å². The molecule has 0 saturated carbocycles. The second-order valence-electron chi connectivity index (χ2n) is 12.6. The van der Waals surface area contributed by atoms with Crippen molar-refractivity contribution in [2.45, 2.75) is 51.7 Å². The lowest BCUT2D eigenvalue weighted by Crippen LogP contribution is -2.51. The first kappa shape index (κ1) is 32.9. The van der Waals surface area contributed by atoms with Crippen molar-refractivity contribution >= 4 is 6.03 Å². The lowest BCUT2D eigenvalue weighted by molar-refractivity contribution is -0.276. The quantitative estimate of drug-likeness (QED) is 0.194. The number of aliphatic hydroxyl groups is 1. The summed E-state index contributed by atoms with van der Waals surface area (Å²) in [6, 6.07) is 36.5. The van der Waals surface area contributed by atoms with Gasteiger partial charge in [-0.2, -0.15) is 0 Å². The first-order valence-electron chi connectivity index (χ1n) is 16.7. The largest absolute Gasteiger partial charge is 0.392 e. The van der Waals surface area contributed by atoms with Crippen LogP contribution in [0.25, 0.3) is 0 Å². The molecule has 8 heteroatoms. The van der Waals surface area contributed by atoms with E-state index < -0.39 is 6.29 Å². The number of piperazine rings is 1. The van der Waals surface area contributed by atoms with Gasteiger partial charge in [0.2, 0.25) is 0 Å². The number of nitrogens with zero attached hydrogens (tertiary/aromatic N) is 2. The van der Waals surface area contributed by atoms with Crippen molar-refractivity contribution in [3.8, 4) is 0 Å². The van der Waals surface area contributed by atoms with E-state index in [4.69, 9.17) is 9.47 Å². The predicted molar refractivity (Wildman–Crippen MR) is 183 cm³/mol. The molecule has 0 spiro atoms. The van der Waals surface area contributed by atoms with E-state index in [2.05, 4.69) is 69.8 Å². The number of benzene rings is 4. The molecule has 6 rings (SSSR count). The van der Waals surface area contributed by atoms with Crippen LogP contribution in [0.15, 0.2) is 109 Å². The molecule has 3 N–H and O–H groups in total. The van der Waals surface area contributed by atoms with Crippen LogP contribution in [0, 0.1) is 5.92 Å². The van der Waals surface area contributed by atoms with Gasteiger partial charge in [-0.05, 0) is 27.8 Å². The van der Waals surface area contributed by atoms with Gasteiger partial charge in [-0.3, -0.25) is 9.80 Å². The molecule has 2 saturated heterocycles. The number of urea groups is 1. The van der Waals surface area contributed by atoms with E-state index in [0.29, 0.717) is 13.1 Å². The van der Waals surface area contributed by atoms with E-state index in [-0.39, 0.29) is 30.8 Å². The fourth-order valence-electron chi connectivity index (χ4n) is 6.37. The highest BCUT2D eigenvalue weighted by molar-refractivity contribution is 5.73. The number of rotatable bonds is 11. The van der Waals surface area contributed by atoms with Gasteiger partial charge in [0, 0.05) is 63.8 Å². The Morgan fingerprint density at radius 2 is 1.21 bits per heavy atom. The van der Waals surface area contributed by atoms with Crippen molar-refractivity contribution in [1.82, 2.24) is 20.4 Å². The van der Waals surface area contributed by atoms with Gasteiger partial charge >= 0.3 is 6.03 Å². The van der Waals surface area contributed by atoms with Crippen LogP contribution >= 0.6 is 0 Å². The van der Waals surface area contributed by atoms with Gasteiger partial charge < -0.3 is 25.2 Å². The second-order valence-corrected chi connectivity index (χ2v) is 12.6. The summed E-state index contributed by atoms with van der Waals surface area (Å²) in [4.78, 5) is 17.4. The zero-order valence-corrected chi connectivity index (χ0v) is 27.1. The number of carbonyl (C=O) groups excluding carboxylic acids is 1. The summed E-state index contributed by atoms with van der Waals surface area (Å²) < 4.78 is 13.4. The number of amides is 2. The van der Waals surface area contributed by atoms with Crippen LogP contribution < -0.4 is 10.6 Å². The summed E-state index contributed by atoms with van der Waals surface area (Å²) in [6.07, 6.45) is -0.693. The molecule has 8 nitrogen and oxygen atoms in total. The van der Waals surface area contributed by atoms with Crippen LogP contribution in [0.4, 0.5) is 4.79 Å². The summed E-state index contributed by atoms with van der Waals surface area (Å²) in [5.41, 5.74) is 6.32. The van der Waals surface area contributed by atoms with Crippen molar-refractivity contribution in [3.63, 3.8) is 0 Å². The standard InChI is InChI=1S/C39H46N4O4/c1-29-36(27-43-22-20-42(21-23-43)26-32-10-6-3-7-11-32)46-38(47-37(29)34-16-14-33(28-44)15-17-34)35-18-12-31(13-19-35)25-41-39(45)40-24-30-8-4-2-5-9-30/h2-19,29,36-38,44H,20-28H2,1H3,(H2,40,41,45). The third kappa shape index (κ3) is 9.06. The zero-order chi connectivity index (χ0) is 32.4. The minimum Gasteiger partial charge on any atom is -0.392 e. The van der Waals surface area contributed by atoms with Crippen LogP contribution in [-0.2, 0) is 35.7 Å². The average Bonchev–Trinajstić information content (AvgIpc) is 3.12. The summed E-state index contributed by atoms with van der Waals surface area (Å²) in [5, 5.41) is 15.4. The molecule has 2 fully saturated rings. The van der Waals surface area contributed by atoms with Gasteiger partial charge in [0.05, 0.1) is 18.8 Å². The Labute approximate surface area is 278 Å². The molecule has 0 aromatic heterocycles. The molecule has 4 atom stereocenters. The second kappa shape index (κ2) is 16.2. The van der Waals surface area contributed by atoms with Crippen molar-refractivity contribution in [2.75, 3.05) is 32.7 Å². The Bertz CT molecular complexity index is 1530. The number of aliphatic hydroxyl groups excluding tert-OH is 1. The topological polar surface area (TPSA) is 86.3 Å². The SMILES string of the molecule is CC1C(CN2CCN(Cc3ccccc3)CC2)OC(c2ccc(CNC(=O)NCc3ccccc3)cc2)OC1c1ccc(CO)cc1. The summed E-state index contributed by atoms with van der Waals surface area (Å²) in [5.74, 6) is 0.131.